The van der Waals surface area contributed by atoms with Crippen molar-refractivity contribution in [2.45, 2.75) is 32.4 Å². The minimum atomic E-state index is -0.750. The van der Waals surface area contributed by atoms with Gasteiger partial charge in [0.1, 0.15) is 11.8 Å². The van der Waals surface area contributed by atoms with Gasteiger partial charge < -0.3 is 30.2 Å². The third-order valence-electron chi connectivity index (χ3n) is 5.11. The molecule has 0 radical (unpaired) electrons. The maximum Gasteiger partial charge on any atom is 0.252 e. The average molecular weight is 411 g/mol. The van der Waals surface area contributed by atoms with E-state index in [1.807, 2.05) is 36.4 Å². The molecule has 9 nitrogen and oxygen atoms in total. The van der Waals surface area contributed by atoms with E-state index in [0.29, 0.717) is 31.3 Å². The largest absolute Gasteiger partial charge is 0.493 e. The minimum Gasteiger partial charge on any atom is -0.493 e. The van der Waals surface area contributed by atoms with Gasteiger partial charge in [-0.05, 0) is 41.3 Å². The molecule has 1 fully saturated rings. The summed E-state index contributed by atoms with van der Waals surface area (Å²) in [4.78, 5) is 6.00. The number of benzene rings is 2. The van der Waals surface area contributed by atoms with Gasteiger partial charge in [0.05, 0.1) is 12.7 Å². The van der Waals surface area contributed by atoms with Crippen LogP contribution in [-0.2, 0) is 0 Å². The second kappa shape index (κ2) is 8.19. The standard InChI is InChI=1S/C21H25N5O4/c1-12(2)11-29-16-6-5-13-9-15(4-3-14(13)10-16)19-23-20(30-25-19)18-17(27)7-8-26(18)21(22)24-28/h3-6,9-10,12,17-18,27-28H,7-8,11H2,1-2H3,(H2,22,24)/t17-,18-/m0/s1. The molecule has 4 N–H and O–H groups in total. The molecule has 2 atom stereocenters. The lowest BCUT2D eigenvalue weighted by molar-refractivity contribution is 0.117. The molecule has 1 aromatic heterocycles. The van der Waals surface area contributed by atoms with Gasteiger partial charge in [0.25, 0.3) is 5.89 Å². The number of aromatic nitrogens is 2. The first-order chi connectivity index (χ1) is 14.5. The van der Waals surface area contributed by atoms with Crippen molar-refractivity contribution in [3.63, 3.8) is 0 Å². The van der Waals surface area contributed by atoms with E-state index in [0.717, 1.165) is 22.1 Å². The summed E-state index contributed by atoms with van der Waals surface area (Å²) in [6, 6.07) is 11.2. The third-order valence-corrected chi connectivity index (χ3v) is 5.11. The van der Waals surface area contributed by atoms with E-state index in [4.69, 9.17) is 20.2 Å². The number of fused-ring (bicyclic) bond motifs is 1. The second-order valence-electron chi connectivity index (χ2n) is 7.84. The highest BCUT2D eigenvalue weighted by Gasteiger charge is 2.39. The number of nitrogens with two attached hydrogens (primary N) is 1. The van der Waals surface area contributed by atoms with Crippen molar-refractivity contribution in [1.82, 2.24) is 15.0 Å². The number of aliphatic hydroxyl groups is 1. The number of ether oxygens (including phenoxy) is 1. The zero-order valence-corrected chi connectivity index (χ0v) is 16.9. The fourth-order valence-electron chi connectivity index (χ4n) is 3.58. The highest BCUT2D eigenvalue weighted by atomic mass is 16.5. The third kappa shape index (κ3) is 3.88. The van der Waals surface area contributed by atoms with Gasteiger partial charge >= 0.3 is 0 Å². The summed E-state index contributed by atoms with van der Waals surface area (Å²) in [5, 5.41) is 28.4. The molecule has 158 valence electrons. The average Bonchev–Trinajstić information content (AvgIpc) is 3.37. The number of nitrogens with zero attached hydrogens (tertiary/aromatic N) is 4. The van der Waals surface area contributed by atoms with Crippen LogP contribution < -0.4 is 10.5 Å². The summed E-state index contributed by atoms with van der Waals surface area (Å²) in [6.45, 7) is 5.32. The molecule has 0 amide bonds. The first-order valence-corrected chi connectivity index (χ1v) is 9.89. The second-order valence-corrected chi connectivity index (χ2v) is 7.84. The van der Waals surface area contributed by atoms with Gasteiger partial charge in [-0.15, -0.1) is 0 Å². The Morgan fingerprint density at radius 3 is 2.83 bits per heavy atom. The van der Waals surface area contributed by atoms with Crippen LogP contribution in [0.3, 0.4) is 0 Å². The van der Waals surface area contributed by atoms with E-state index < -0.39 is 12.1 Å². The number of aliphatic hydroxyl groups excluding tert-OH is 1. The van der Waals surface area contributed by atoms with Crippen molar-refractivity contribution in [3.05, 3.63) is 42.3 Å². The predicted octanol–water partition coefficient (Wildman–Crippen LogP) is 2.74. The van der Waals surface area contributed by atoms with Crippen molar-refractivity contribution >= 4 is 16.7 Å². The fourth-order valence-corrected chi connectivity index (χ4v) is 3.58. The van der Waals surface area contributed by atoms with Crippen LogP contribution in [0.2, 0.25) is 0 Å². The summed E-state index contributed by atoms with van der Waals surface area (Å²) in [7, 11) is 0. The first kappa shape index (κ1) is 20.0. The quantitative estimate of drug-likeness (QED) is 0.253. The van der Waals surface area contributed by atoms with E-state index in [1.54, 1.807) is 4.90 Å². The Morgan fingerprint density at radius 1 is 1.30 bits per heavy atom. The zero-order valence-electron chi connectivity index (χ0n) is 16.9. The van der Waals surface area contributed by atoms with Crippen LogP contribution in [-0.4, -0.2) is 50.6 Å². The molecule has 4 rings (SSSR count). The maximum atomic E-state index is 10.3. The molecule has 9 heteroatoms. The molecule has 1 aliphatic heterocycles. The highest BCUT2D eigenvalue weighted by Crippen LogP contribution is 2.33. The molecular weight excluding hydrogens is 386 g/mol. The monoisotopic (exact) mass is 411 g/mol. The van der Waals surface area contributed by atoms with E-state index in [2.05, 4.69) is 29.1 Å². The van der Waals surface area contributed by atoms with Crippen molar-refractivity contribution in [3.8, 4) is 17.1 Å². The van der Waals surface area contributed by atoms with Gasteiger partial charge in [-0.2, -0.15) is 4.98 Å². The summed E-state index contributed by atoms with van der Waals surface area (Å²) < 4.78 is 11.2. The summed E-state index contributed by atoms with van der Waals surface area (Å²) >= 11 is 0. The topological polar surface area (TPSA) is 130 Å². The van der Waals surface area contributed by atoms with Gasteiger partial charge in [0.2, 0.25) is 11.8 Å². The lowest BCUT2D eigenvalue weighted by Gasteiger charge is -2.22. The molecule has 0 aliphatic carbocycles. The Labute approximate surface area is 173 Å². The van der Waals surface area contributed by atoms with Crippen molar-refractivity contribution in [2.75, 3.05) is 13.2 Å². The first-order valence-electron chi connectivity index (χ1n) is 9.89. The Kier molecular flexibility index (Phi) is 5.45. The molecule has 0 bridgehead atoms. The van der Waals surface area contributed by atoms with Crippen LogP contribution in [0.5, 0.6) is 5.75 Å². The summed E-state index contributed by atoms with van der Waals surface area (Å²) in [6.07, 6.45) is -0.296. The van der Waals surface area contributed by atoms with Crippen LogP contribution >= 0.6 is 0 Å². The van der Waals surface area contributed by atoms with E-state index >= 15 is 0 Å². The normalized spacial score (nSPS) is 19.7. The number of oxime groups is 1. The lowest BCUT2D eigenvalue weighted by Crippen LogP contribution is -2.38. The number of hydrogen-bond donors (Lipinski definition) is 3. The van der Waals surface area contributed by atoms with Crippen molar-refractivity contribution < 1.29 is 19.6 Å². The Balaban J connectivity index is 1.59. The maximum absolute atomic E-state index is 10.3. The summed E-state index contributed by atoms with van der Waals surface area (Å²) in [5.74, 6) is 1.83. The Bertz CT molecular complexity index is 1060. The molecule has 30 heavy (non-hydrogen) atoms. The molecule has 2 aromatic carbocycles. The van der Waals surface area contributed by atoms with Gasteiger partial charge in [-0.3, -0.25) is 0 Å². The smallest absolute Gasteiger partial charge is 0.252 e. The minimum absolute atomic E-state index is 0.0995. The highest BCUT2D eigenvalue weighted by molar-refractivity contribution is 5.87. The molecule has 3 aromatic rings. The molecule has 0 saturated carbocycles. The van der Waals surface area contributed by atoms with E-state index in [1.165, 1.54) is 0 Å². The molecular formula is C21H25N5O4. The van der Waals surface area contributed by atoms with Crippen LogP contribution in [0.25, 0.3) is 22.2 Å². The van der Waals surface area contributed by atoms with Crippen LogP contribution in [0.15, 0.2) is 46.1 Å². The number of guanidine groups is 1. The van der Waals surface area contributed by atoms with Crippen molar-refractivity contribution in [1.29, 1.82) is 0 Å². The molecule has 1 aliphatic rings. The Hall–Kier alpha value is -3.33. The van der Waals surface area contributed by atoms with Crippen LogP contribution in [0, 0.1) is 5.92 Å². The van der Waals surface area contributed by atoms with Gasteiger partial charge in [0, 0.05) is 12.1 Å². The van der Waals surface area contributed by atoms with Gasteiger partial charge in [-0.25, -0.2) is 0 Å². The number of rotatable bonds is 5. The van der Waals surface area contributed by atoms with Crippen LogP contribution in [0.4, 0.5) is 0 Å². The molecule has 0 unspecified atom stereocenters. The van der Waals surface area contributed by atoms with E-state index in [9.17, 15) is 5.11 Å². The lowest BCUT2D eigenvalue weighted by atomic mass is 10.1. The predicted molar refractivity (Wildman–Crippen MR) is 111 cm³/mol. The van der Waals surface area contributed by atoms with Crippen LogP contribution in [0.1, 0.15) is 32.2 Å². The number of likely N-dealkylation sites (tertiary alicyclic amines) is 1. The van der Waals surface area contributed by atoms with E-state index in [-0.39, 0.29) is 11.9 Å². The molecule has 1 saturated heterocycles. The number of hydrogen-bond acceptors (Lipinski definition) is 7. The fraction of sp³-hybridized carbons (Fsp3) is 0.381. The van der Waals surface area contributed by atoms with Gasteiger partial charge in [-0.1, -0.05) is 42.4 Å². The molecule has 2 heterocycles. The zero-order chi connectivity index (χ0) is 21.3. The van der Waals surface area contributed by atoms with Crippen molar-refractivity contribution in [2.24, 2.45) is 16.8 Å². The Morgan fingerprint density at radius 2 is 2.07 bits per heavy atom. The molecule has 0 spiro atoms. The summed E-state index contributed by atoms with van der Waals surface area (Å²) in [5.41, 5.74) is 6.50. The van der Waals surface area contributed by atoms with Gasteiger partial charge in [0.15, 0.2) is 0 Å². The SMILES string of the molecule is CC(C)COc1ccc2cc(-c3noc([C@@H]4[C@@H](O)CCN4/C(N)=N/O)n3)ccc2c1.